The third kappa shape index (κ3) is 5.21. The van der Waals surface area contributed by atoms with Crippen molar-refractivity contribution in [3.8, 4) is 0 Å². The van der Waals surface area contributed by atoms with E-state index >= 15 is 0 Å². The smallest absolute Gasteiger partial charge is 0.292 e. The highest BCUT2D eigenvalue weighted by Gasteiger charge is 2.62. The number of nitrogens with one attached hydrogen (secondary N) is 1. The predicted octanol–water partition coefficient (Wildman–Crippen LogP) is 1.83. The van der Waals surface area contributed by atoms with Crippen LogP contribution in [0.1, 0.15) is 47.4 Å². The molecular weight excluding hydrogens is 308 g/mol. The molecule has 0 aromatic heterocycles. The van der Waals surface area contributed by atoms with Crippen molar-refractivity contribution >= 4 is 18.3 Å². The summed E-state index contributed by atoms with van der Waals surface area (Å²) in [6, 6.07) is 0. The SMILES string of the molecule is C1CC1.CC1(C)C2CN(C(=O)CNC(=O)C3CC3)CC21.COC=O.[HH]. The maximum Gasteiger partial charge on any atom is 0.292 e. The molecule has 1 N–H and O–H groups in total. The molecule has 24 heavy (non-hydrogen) atoms. The summed E-state index contributed by atoms with van der Waals surface area (Å²) < 4.78 is 3.86. The molecule has 0 aromatic rings. The number of rotatable bonds is 4. The second kappa shape index (κ2) is 7.99. The second-order valence-electron chi connectivity index (χ2n) is 7.72. The van der Waals surface area contributed by atoms with E-state index in [0.717, 1.165) is 25.9 Å². The Balaban J connectivity index is 0.000000332. The van der Waals surface area contributed by atoms with Crippen molar-refractivity contribution in [1.82, 2.24) is 10.2 Å². The minimum absolute atomic E-state index is 0. The third-order valence-electron chi connectivity index (χ3n) is 5.29. The minimum atomic E-state index is 0. The molecule has 2 amide bonds. The fourth-order valence-electron chi connectivity index (χ4n) is 3.10. The first-order chi connectivity index (χ1) is 11.4. The van der Waals surface area contributed by atoms with Crippen LogP contribution in [0.5, 0.6) is 0 Å². The van der Waals surface area contributed by atoms with Gasteiger partial charge in [0, 0.05) is 20.4 Å². The van der Waals surface area contributed by atoms with Crippen LogP contribution < -0.4 is 5.32 Å². The molecule has 4 fully saturated rings. The number of likely N-dealkylation sites (tertiary alicyclic amines) is 1. The summed E-state index contributed by atoms with van der Waals surface area (Å²) >= 11 is 0. The van der Waals surface area contributed by atoms with Crippen molar-refractivity contribution in [1.29, 1.82) is 0 Å². The van der Waals surface area contributed by atoms with Crippen molar-refractivity contribution in [2.45, 2.75) is 46.0 Å². The van der Waals surface area contributed by atoms with Gasteiger partial charge < -0.3 is 15.0 Å². The molecule has 1 heterocycles. The first kappa shape index (κ1) is 18.7. The van der Waals surface area contributed by atoms with E-state index in [1.165, 1.54) is 26.4 Å². The molecule has 3 saturated carbocycles. The van der Waals surface area contributed by atoms with Gasteiger partial charge >= 0.3 is 0 Å². The van der Waals surface area contributed by atoms with E-state index in [4.69, 9.17) is 4.79 Å². The Hall–Kier alpha value is -1.59. The van der Waals surface area contributed by atoms with E-state index in [1.807, 2.05) is 4.90 Å². The van der Waals surface area contributed by atoms with Crippen molar-refractivity contribution in [2.24, 2.45) is 23.2 Å². The summed E-state index contributed by atoms with van der Waals surface area (Å²) in [6.07, 6.45) is 6.48. The Morgan fingerprint density at radius 2 is 1.71 bits per heavy atom. The van der Waals surface area contributed by atoms with E-state index in [0.29, 0.717) is 23.7 Å². The van der Waals surface area contributed by atoms with Crippen LogP contribution in [-0.4, -0.2) is 49.9 Å². The van der Waals surface area contributed by atoms with E-state index < -0.39 is 0 Å². The van der Waals surface area contributed by atoms with Crippen molar-refractivity contribution < 1.29 is 20.5 Å². The fourth-order valence-corrected chi connectivity index (χ4v) is 3.10. The Bertz CT molecular complexity index is 461. The van der Waals surface area contributed by atoms with Crippen LogP contribution in [0.25, 0.3) is 0 Å². The maximum absolute atomic E-state index is 11.9. The molecule has 1 saturated heterocycles. The van der Waals surface area contributed by atoms with Gasteiger partial charge in [-0.05, 0) is 30.1 Å². The van der Waals surface area contributed by atoms with Gasteiger partial charge in [0.25, 0.3) is 6.47 Å². The van der Waals surface area contributed by atoms with Gasteiger partial charge in [-0.15, -0.1) is 0 Å². The number of fused-ring (bicyclic) bond motifs is 1. The molecule has 4 rings (SSSR count). The number of piperidine rings is 1. The number of hydrogen-bond donors (Lipinski definition) is 1. The molecule has 0 radical (unpaired) electrons. The Labute approximate surface area is 145 Å². The van der Waals surface area contributed by atoms with E-state index in [9.17, 15) is 9.59 Å². The van der Waals surface area contributed by atoms with Gasteiger partial charge in [-0.3, -0.25) is 14.4 Å². The molecule has 0 spiro atoms. The molecule has 1 aliphatic heterocycles. The molecule has 0 bridgehead atoms. The topological polar surface area (TPSA) is 75.7 Å². The average Bonchev–Trinajstić information content (AvgIpc) is 3.45. The van der Waals surface area contributed by atoms with Crippen LogP contribution >= 0.6 is 0 Å². The zero-order valence-corrected chi connectivity index (χ0v) is 15.0. The van der Waals surface area contributed by atoms with E-state index in [2.05, 4.69) is 23.9 Å². The Morgan fingerprint density at radius 1 is 1.21 bits per heavy atom. The summed E-state index contributed by atoms with van der Waals surface area (Å²) in [6.45, 7) is 6.89. The van der Waals surface area contributed by atoms with Gasteiger partial charge in [-0.25, -0.2) is 0 Å². The average molecular weight is 340 g/mol. The summed E-state index contributed by atoms with van der Waals surface area (Å²) in [4.78, 5) is 34.2. The number of amides is 2. The lowest BCUT2D eigenvalue weighted by Gasteiger charge is -2.22. The van der Waals surface area contributed by atoms with Gasteiger partial charge in [-0.1, -0.05) is 33.1 Å². The van der Waals surface area contributed by atoms with Crippen LogP contribution in [-0.2, 0) is 19.1 Å². The lowest BCUT2D eigenvalue weighted by atomic mass is 10.1. The molecule has 0 aromatic carbocycles. The standard InChI is InChI=1S/C13H20N2O2.C3H6.C2H4O2.H2/c1-13(2)9-6-15(7-10(9)13)11(16)5-14-12(17)8-3-4-8;1-2-3-1;1-4-2-3;/h8-10H,3-7H2,1-2H3,(H,14,17);1-3H2;2H,1H3;1H. The molecule has 138 valence electrons. The van der Waals surface area contributed by atoms with Gasteiger partial charge in [0.05, 0.1) is 13.7 Å². The minimum Gasteiger partial charge on any atom is -0.471 e. The Kier molecular flexibility index (Phi) is 6.24. The highest BCUT2D eigenvalue weighted by Crippen LogP contribution is 2.61. The number of ether oxygens (including phenoxy) is 1. The highest BCUT2D eigenvalue weighted by molar-refractivity contribution is 5.87. The Morgan fingerprint density at radius 3 is 2.08 bits per heavy atom. The van der Waals surface area contributed by atoms with Crippen LogP contribution in [0.2, 0.25) is 0 Å². The molecule has 4 aliphatic rings. The van der Waals surface area contributed by atoms with Gasteiger partial charge in [0.1, 0.15) is 0 Å². The molecule has 6 nitrogen and oxygen atoms in total. The summed E-state index contributed by atoms with van der Waals surface area (Å²) in [5.41, 5.74) is 0.439. The first-order valence-electron chi connectivity index (χ1n) is 8.93. The van der Waals surface area contributed by atoms with Crippen molar-refractivity contribution in [3.63, 3.8) is 0 Å². The van der Waals surface area contributed by atoms with Crippen LogP contribution in [0.3, 0.4) is 0 Å². The lowest BCUT2D eigenvalue weighted by molar-refractivity contribution is -0.133. The number of carbonyl (C=O) groups is 3. The highest BCUT2D eigenvalue weighted by atomic mass is 16.5. The van der Waals surface area contributed by atoms with Gasteiger partial charge in [0.2, 0.25) is 11.8 Å². The van der Waals surface area contributed by atoms with E-state index in [1.54, 1.807) is 0 Å². The molecular formula is C18H32N2O4. The van der Waals surface area contributed by atoms with Crippen LogP contribution in [0.15, 0.2) is 0 Å². The van der Waals surface area contributed by atoms with E-state index in [-0.39, 0.29) is 25.7 Å². The number of nitrogens with zero attached hydrogens (tertiary/aromatic N) is 1. The van der Waals surface area contributed by atoms with Gasteiger partial charge in [-0.2, -0.15) is 0 Å². The first-order valence-corrected chi connectivity index (χ1v) is 8.93. The van der Waals surface area contributed by atoms with Crippen molar-refractivity contribution in [3.05, 3.63) is 0 Å². The van der Waals surface area contributed by atoms with Crippen LogP contribution in [0, 0.1) is 23.2 Å². The molecule has 2 unspecified atom stereocenters. The monoisotopic (exact) mass is 340 g/mol. The number of carbonyl (C=O) groups excluding carboxylic acids is 3. The zero-order chi connectivity index (χ0) is 17.7. The quantitative estimate of drug-likeness (QED) is 0.792. The van der Waals surface area contributed by atoms with Crippen LogP contribution in [0.4, 0.5) is 0 Å². The predicted molar refractivity (Wildman–Crippen MR) is 92.1 cm³/mol. The molecule has 2 atom stereocenters. The van der Waals surface area contributed by atoms with Crippen molar-refractivity contribution in [2.75, 3.05) is 26.7 Å². The van der Waals surface area contributed by atoms with Gasteiger partial charge in [0.15, 0.2) is 0 Å². The normalized spacial score (nSPS) is 27.4. The maximum atomic E-state index is 11.9. The number of hydrogen-bond acceptors (Lipinski definition) is 4. The summed E-state index contributed by atoms with van der Waals surface area (Å²) in [7, 11) is 1.31. The summed E-state index contributed by atoms with van der Waals surface area (Å²) in [5, 5.41) is 2.74. The summed E-state index contributed by atoms with van der Waals surface area (Å²) in [5.74, 6) is 1.70. The lowest BCUT2D eigenvalue weighted by Crippen LogP contribution is -2.41. The second-order valence-corrected chi connectivity index (χ2v) is 7.72. The largest absolute Gasteiger partial charge is 0.471 e. The third-order valence-corrected chi connectivity index (χ3v) is 5.29. The molecule has 6 heteroatoms. The molecule has 3 aliphatic carbocycles. The zero-order valence-electron chi connectivity index (χ0n) is 15.0. The fraction of sp³-hybridized carbons (Fsp3) is 0.833. The number of methoxy groups -OCH3 is 1.